The first-order chi connectivity index (χ1) is 10.7. The molecular weight excluding hydrogens is 278 g/mol. The van der Waals surface area contributed by atoms with Crippen molar-refractivity contribution in [3.8, 4) is 16.9 Å². The van der Waals surface area contributed by atoms with E-state index in [9.17, 15) is 9.90 Å². The lowest BCUT2D eigenvalue weighted by Gasteiger charge is -2.08. The van der Waals surface area contributed by atoms with Crippen molar-refractivity contribution in [2.24, 2.45) is 0 Å². The lowest BCUT2D eigenvalue weighted by molar-refractivity contribution is 0.455. The largest absolute Gasteiger partial charge is 0.502 e. The summed E-state index contributed by atoms with van der Waals surface area (Å²) in [5.41, 5.74) is 2.95. The Kier molecular flexibility index (Phi) is 3.87. The number of aromatic hydroxyl groups is 1. The number of rotatable bonds is 4. The summed E-state index contributed by atoms with van der Waals surface area (Å²) in [6, 6.07) is 18.0. The number of nitrogens with one attached hydrogen (secondary N) is 2. The van der Waals surface area contributed by atoms with Crippen LogP contribution in [0.25, 0.3) is 11.1 Å². The quantitative estimate of drug-likeness (QED) is 0.691. The van der Waals surface area contributed by atoms with Gasteiger partial charge in [0, 0.05) is 5.69 Å². The second-order valence-corrected chi connectivity index (χ2v) is 4.82. The van der Waals surface area contributed by atoms with Crippen molar-refractivity contribution in [2.75, 3.05) is 5.32 Å². The maximum absolute atomic E-state index is 11.3. The van der Waals surface area contributed by atoms with Crippen LogP contribution in [0.3, 0.4) is 0 Å². The van der Waals surface area contributed by atoms with Crippen molar-refractivity contribution in [1.29, 1.82) is 0 Å². The average molecular weight is 293 g/mol. The van der Waals surface area contributed by atoms with E-state index in [0.29, 0.717) is 5.69 Å². The molecule has 3 aromatic rings. The van der Waals surface area contributed by atoms with E-state index < -0.39 is 5.56 Å². The highest BCUT2D eigenvalue weighted by atomic mass is 16.3. The average Bonchev–Trinajstić information content (AvgIpc) is 2.57. The fourth-order valence-corrected chi connectivity index (χ4v) is 2.16. The third-order valence-electron chi connectivity index (χ3n) is 3.36. The van der Waals surface area contributed by atoms with Crippen molar-refractivity contribution in [2.45, 2.75) is 6.54 Å². The number of H-pyrrole nitrogens is 1. The Bertz CT molecular complexity index is 811. The minimum atomic E-state index is -0.536. The second-order valence-electron chi connectivity index (χ2n) is 4.82. The molecule has 0 saturated carbocycles. The standard InChI is InChI=1S/C17H15N3O2/c21-16-15(19-11-20-17(16)22)10-18-14-8-6-13(7-9-14)12-4-2-1-3-5-12/h1-9,11,18,21H,10H2,(H,19,20,22). The molecule has 5 nitrogen and oxygen atoms in total. The molecule has 5 heteroatoms. The van der Waals surface area contributed by atoms with Gasteiger partial charge >= 0.3 is 0 Å². The molecule has 0 saturated heterocycles. The molecule has 110 valence electrons. The van der Waals surface area contributed by atoms with E-state index in [1.807, 2.05) is 42.5 Å². The zero-order valence-corrected chi connectivity index (χ0v) is 11.8. The molecule has 22 heavy (non-hydrogen) atoms. The van der Waals surface area contributed by atoms with Gasteiger partial charge in [-0.15, -0.1) is 0 Å². The number of nitrogens with zero attached hydrogens (tertiary/aromatic N) is 1. The first kappa shape index (κ1) is 13.9. The molecule has 0 spiro atoms. The van der Waals surface area contributed by atoms with E-state index in [4.69, 9.17) is 0 Å². The number of anilines is 1. The highest BCUT2D eigenvalue weighted by Crippen LogP contribution is 2.21. The predicted molar refractivity (Wildman–Crippen MR) is 85.7 cm³/mol. The van der Waals surface area contributed by atoms with E-state index in [-0.39, 0.29) is 12.3 Å². The number of aromatic nitrogens is 2. The van der Waals surface area contributed by atoms with E-state index >= 15 is 0 Å². The van der Waals surface area contributed by atoms with Gasteiger partial charge in [-0.25, -0.2) is 4.98 Å². The van der Waals surface area contributed by atoms with Gasteiger partial charge in [-0.3, -0.25) is 4.79 Å². The minimum Gasteiger partial charge on any atom is -0.502 e. The smallest absolute Gasteiger partial charge is 0.293 e. The Labute approximate surface area is 127 Å². The van der Waals surface area contributed by atoms with E-state index in [1.165, 1.54) is 6.33 Å². The molecule has 0 bridgehead atoms. The third kappa shape index (κ3) is 2.98. The zero-order valence-electron chi connectivity index (χ0n) is 11.8. The summed E-state index contributed by atoms with van der Waals surface area (Å²) in [7, 11) is 0. The predicted octanol–water partition coefficient (Wildman–Crippen LogP) is 2.75. The van der Waals surface area contributed by atoms with Gasteiger partial charge in [-0.05, 0) is 23.3 Å². The molecule has 0 atom stereocenters. The Balaban J connectivity index is 1.72. The third-order valence-corrected chi connectivity index (χ3v) is 3.36. The van der Waals surface area contributed by atoms with Gasteiger partial charge in [0.1, 0.15) is 5.69 Å². The molecule has 0 unspecified atom stereocenters. The summed E-state index contributed by atoms with van der Waals surface area (Å²) < 4.78 is 0. The van der Waals surface area contributed by atoms with Gasteiger partial charge in [0.05, 0.1) is 12.9 Å². The van der Waals surface area contributed by atoms with Crippen molar-refractivity contribution in [1.82, 2.24) is 9.97 Å². The first-order valence-electron chi connectivity index (χ1n) is 6.89. The zero-order chi connectivity index (χ0) is 15.4. The van der Waals surface area contributed by atoms with Crippen LogP contribution in [-0.4, -0.2) is 15.1 Å². The van der Waals surface area contributed by atoms with Gasteiger partial charge < -0.3 is 15.4 Å². The molecule has 2 aromatic carbocycles. The van der Waals surface area contributed by atoms with Crippen molar-refractivity contribution in [3.63, 3.8) is 0 Å². The Hall–Kier alpha value is -3.08. The lowest BCUT2D eigenvalue weighted by atomic mass is 10.1. The van der Waals surface area contributed by atoms with Crippen LogP contribution in [0.2, 0.25) is 0 Å². The molecule has 0 radical (unpaired) electrons. The number of hydrogen-bond donors (Lipinski definition) is 3. The monoisotopic (exact) mass is 293 g/mol. The Morgan fingerprint density at radius 3 is 2.41 bits per heavy atom. The van der Waals surface area contributed by atoms with Gasteiger partial charge in [0.25, 0.3) is 5.56 Å². The first-order valence-corrected chi connectivity index (χ1v) is 6.89. The summed E-state index contributed by atoms with van der Waals surface area (Å²) >= 11 is 0. The maximum Gasteiger partial charge on any atom is 0.293 e. The fourth-order valence-electron chi connectivity index (χ4n) is 2.16. The SMILES string of the molecule is O=c1[nH]cnc(CNc2ccc(-c3ccccc3)cc2)c1O. The van der Waals surface area contributed by atoms with E-state index in [2.05, 4.69) is 27.4 Å². The Morgan fingerprint density at radius 1 is 1.00 bits per heavy atom. The highest BCUT2D eigenvalue weighted by Gasteiger charge is 2.06. The Morgan fingerprint density at radius 2 is 1.68 bits per heavy atom. The van der Waals surface area contributed by atoms with E-state index in [1.54, 1.807) is 0 Å². The topological polar surface area (TPSA) is 78.0 Å². The van der Waals surface area contributed by atoms with Crippen LogP contribution >= 0.6 is 0 Å². The summed E-state index contributed by atoms with van der Waals surface area (Å²) in [5, 5.41) is 12.8. The van der Waals surface area contributed by atoms with Crippen LogP contribution < -0.4 is 10.9 Å². The molecule has 0 aliphatic rings. The highest BCUT2D eigenvalue weighted by molar-refractivity contribution is 5.65. The van der Waals surface area contributed by atoms with Gasteiger partial charge in [0.2, 0.25) is 5.75 Å². The lowest BCUT2D eigenvalue weighted by Crippen LogP contribution is -2.11. The van der Waals surface area contributed by atoms with Gasteiger partial charge in [-0.2, -0.15) is 0 Å². The number of hydrogen-bond acceptors (Lipinski definition) is 4. The maximum atomic E-state index is 11.3. The molecule has 1 heterocycles. The van der Waals surface area contributed by atoms with Crippen molar-refractivity contribution < 1.29 is 5.11 Å². The molecule has 3 rings (SSSR count). The minimum absolute atomic E-state index is 0.278. The van der Waals surface area contributed by atoms with Crippen LogP contribution in [0.4, 0.5) is 5.69 Å². The fraction of sp³-hybridized carbons (Fsp3) is 0.0588. The van der Waals surface area contributed by atoms with Crippen LogP contribution in [0.5, 0.6) is 5.75 Å². The molecule has 3 N–H and O–H groups in total. The summed E-state index contributed by atoms with van der Waals surface area (Å²) in [6.45, 7) is 0.278. The van der Waals surface area contributed by atoms with Crippen LogP contribution in [0.1, 0.15) is 5.69 Å². The number of aromatic amines is 1. The van der Waals surface area contributed by atoms with Crippen molar-refractivity contribution >= 4 is 5.69 Å². The molecule has 0 amide bonds. The molecule has 0 fully saturated rings. The molecule has 0 aliphatic carbocycles. The summed E-state index contributed by atoms with van der Waals surface area (Å²) in [4.78, 5) is 17.5. The van der Waals surface area contributed by atoms with Crippen LogP contribution in [-0.2, 0) is 6.54 Å². The van der Waals surface area contributed by atoms with Crippen LogP contribution in [0.15, 0.2) is 65.7 Å². The summed E-state index contributed by atoms with van der Waals surface area (Å²) in [5.74, 6) is -0.351. The molecule has 0 aliphatic heterocycles. The second kappa shape index (κ2) is 6.13. The summed E-state index contributed by atoms with van der Waals surface area (Å²) in [6.07, 6.45) is 1.28. The normalized spacial score (nSPS) is 10.4. The van der Waals surface area contributed by atoms with Crippen LogP contribution in [0, 0.1) is 0 Å². The van der Waals surface area contributed by atoms with Crippen molar-refractivity contribution in [3.05, 3.63) is 77.0 Å². The molecule has 1 aromatic heterocycles. The number of benzene rings is 2. The van der Waals surface area contributed by atoms with E-state index in [0.717, 1.165) is 16.8 Å². The van der Waals surface area contributed by atoms with Gasteiger partial charge in [-0.1, -0.05) is 42.5 Å². The molecular formula is C17H15N3O2. The van der Waals surface area contributed by atoms with Gasteiger partial charge in [0.15, 0.2) is 0 Å².